The van der Waals surface area contributed by atoms with Gasteiger partial charge in [-0.1, -0.05) is 91.0 Å². The number of carboxylic acids is 1. The maximum absolute atomic E-state index is 13.1. The fraction of sp³-hybridized carbons (Fsp3) is 0.200. The van der Waals surface area contributed by atoms with Crippen molar-refractivity contribution in [3.8, 4) is 0 Å². The molecule has 4 nitrogen and oxygen atoms in total. The van der Waals surface area contributed by atoms with E-state index in [-0.39, 0.29) is 12.6 Å². The molecule has 1 aliphatic carbocycles. The van der Waals surface area contributed by atoms with Crippen LogP contribution < -0.4 is 0 Å². The Kier molecular flexibility index (Phi) is 5.43. The molecule has 0 spiro atoms. The van der Waals surface area contributed by atoms with Crippen molar-refractivity contribution in [1.82, 2.24) is 0 Å². The second-order valence-corrected chi connectivity index (χ2v) is 7.36. The van der Waals surface area contributed by atoms with Gasteiger partial charge < -0.3 is 9.84 Å². The third-order valence-electron chi connectivity index (χ3n) is 5.70. The molecule has 3 aromatic carbocycles. The van der Waals surface area contributed by atoms with Gasteiger partial charge >= 0.3 is 11.9 Å². The van der Waals surface area contributed by atoms with Gasteiger partial charge in [0.2, 0.25) is 0 Å². The Morgan fingerprint density at radius 1 is 0.690 bits per heavy atom. The Morgan fingerprint density at radius 2 is 1.14 bits per heavy atom. The van der Waals surface area contributed by atoms with Crippen LogP contribution in [0.15, 0.2) is 91.0 Å². The minimum absolute atomic E-state index is 0.178. The van der Waals surface area contributed by atoms with Gasteiger partial charge in [-0.2, -0.15) is 0 Å². The maximum Gasteiger partial charge on any atom is 0.310 e. The largest absolute Gasteiger partial charge is 0.481 e. The first kappa shape index (κ1) is 18.9. The summed E-state index contributed by atoms with van der Waals surface area (Å²) in [5.41, 5.74) is 2.62. The molecule has 4 heteroatoms. The van der Waals surface area contributed by atoms with Crippen molar-refractivity contribution >= 4 is 11.9 Å². The molecule has 0 saturated heterocycles. The SMILES string of the molecule is O=C(O)C1[C@@H](c2ccccc2)C(C(=O)OCc2ccccc2)[C@@H]1c1ccccc1. The summed E-state index contributed by atoms with van der Waals surface area (Å²) < 4.78 is 5.63. The summed E-state index contributed by atoms with van der Waals surface area (Å²) in [6.07, 6.45) is 0. The number of carbonyl (C=O) groups excluding carboxylic acids is 1. The van der Waals surface area contributed by atoms with Gasteiger partial charge in [0.05, 0.1) is 11.8 Å². The lowest BCUT2D eigenvalue weighted by Gasteiger charge is -2.49. The number of ether oxygens (including phenoxy) is 1. The molecular formula is C25H22O4. The second-order valence-electron chi connectivity index (χ2n) is 7.36. The van der Waals surface area contributed by atoms with E-state index < -0.39 is 29.6 Å². The van der Waals surface area contributed by atoms with E-state index in [1.807, 2.05) is 91.0 Å². The molecule has 1 N–H and O–H groups in total. The van der Waals surface area contributed by atoms with E-state index in [0.29, 0.717) is 0 Å². The molecule has 0 radical (unpaired) electrons. The predicted molar refractivity (Wildman–Crippen MR) is 109 cm³/mol. The highest BCUT2D eigenvalue weighted by molar-refractivity contribution is 5.84. The van der Waals surface area contributed by atoms with Crippen LogP contribution in [0.25, 0.3) is 0 Å². The zero-order valence-corrected chi connectivity index (χ0v) is 15.8. The van der Waals surface area contributed by atoms with E-state index in [9.17, 15) is 14.7 Å². The van der Waals surface area contributed by atoms with E-state index in [0.717, 1.165) is 16.7 Å². The first-order chi connectivity index (χ1) is 14.2. The molecule has 0 unspecified atom stereocenters. The lowest BCUT2D eigenvalue weighted by Crippen LogP contribution is -2.51. The average molecular weight is 386 g/mol. The number of esters is 1. The van der Waals surface area contributed by atoms with Crippen LogP contribution in [0.2, 0.25) is 0 Å². The Balaban J connectivity index is 1.65. The first-order valence-electron chi connectivity index (χ1n) is 9.70. The number of benzene rings is 3. The summed E-state index contributed by atoms with van der Waals surface area (Å²) in [6, 6.07) is 28.3. The highest BCUT2D eigenvalue weighted by Gasteiger charge is 2.59. The molecular weight excluding hydrogens is 364 g/mol. The number of hydrogen-bond acceptors (Lipinski definition) is 3. The zero-order chi connectivity index (χ0) is 20.2. The third-order valence-corrected chi connectivity index (χ3v) is 5.70. The topological polar surface area (TPSA) is 63.6 Å². The Morgan fingerprint density at radius 3 is 1.59 bits per heavy atom. The smallest absolute Gasteiger partial charge is 0.310 e. The van der Waals surface area contributed by atoms with Crippen LogP contribution in [-0.4, -0.2) is 17.0 Å². The Labute approximate surface area is 169 Å². The van der Waals surface area contributed by atoms with Crippen LogP contribution in [0, 0.1) is 11.8 Å². The summed E-state index contributed by atoms with van der Waals surface area (Å²) in [6.45, 7) is 0.178. The van der Waals surface area contributed by atoms with Crippen LogP contribution in [-0.2, 0) is 20.9 Å². The molecule has 3 aromatic rings. The number of carbonyl (C=O) groups is 2. The fourth-order valence-corrected chi connectivity index (χ4v) is 4.35. The second kappa shape index (κ2) is 8.31. The summed E-state index contributed by atoms with van der Waals surface area (Å²) in [4.78, 5) is 25.3. The Bertz CT molecular complexity index is 922. The molecule has 0 heterocycles. The predicted octanol–water partition coefficient (Wildman–Crippen LogP) is 4.63. The van der Waals surface area contributed by atoms with E-state index in [1.54, 1.807) is 0 Å². The average Bonchev–Trinajstić information content (AvgIpc) is 2.73. The molecule has 1 aliphatic rings. The monoisotopic (exact) mass is 386 g/mol. The van der Waals surface area contributed by atoms with Gasteiger partial charge in [0, 0.05) is 11.8 Å². The van der Waals surface area contributed by atoms with E-state index >= 15 is 0 Å². The number of hydrogen-bond donors (Lipinski definition) is 1. The van der Waals surface area contributed by atoms with Crippen LogP contribution >= 0.6 is 0 Å². The minimum atomic E-state index is -0.889. The van der Waals surface area contributed by atoms with Crippen molar-refractivity contribution in [3.63, 3.8) is 0 Å². The molecule has 1 saturated carbocycles. The lowest BCUT2D eigenvalue weighted by atomic mass is 9.52. The van der Waals surface area contributed by atoms with Gasteiger partial charge in [-0.25, -0.2) is 0 Å². The Hall–Kier alpha value is -3.40. The highest BCUT2D eigenvalue weighted by atomic mass is 16.5. The molecule has 0 aromatic heterocycles. The summed E-state index contributed by atoms with van der Waals surface area (Å²) in [5.74, 6) is -3.28. The third kappa shape index (κ3) is 3.79. The van der Waals surface area contributed by atoms with Crippen LogP contribution in [0.5, 0.6) is 0 Å². The number of rotatable bonds is 6. The minimum Gasteiger partial charge on any atom is -0.481 e. The zero-order valence-electron chi connectivity index (χ0n) is 15.8. The van der Waals surface area contributed by atoms with E-state index in [4.69, 9.17) is 4.74 Å². The number of carboxylic acid groups (broad SMARTS) is 1. The first-order valence-corrected chi connectivity index (χ1v) is 9.70. The molecule has 0 amide bonds. The van der Waals surface area contributed by atoms with Gasteiger partial charge in [-0.05, 0) is 16.7 Å². The molecule has 146 valence electrons. The van der Waals surface area contributed by atoms with Crippen LogP contribution in [0.3, 0.4) is 0 Å². The molecule has 2 atom stereocenters. The molecule has 29 heavy (non-hydrogen) atoms. The standard InChI is InChI=1S/C25H22O4/c26-24(27)22-20(18-12-6-2-7-13-18)23(21(22)19-14-8-3-9-15-19)25(28)29-16-17-10-4-1-5-11-17/h1-15,20-23H,16H2,(H,26,27)/t20-,21-,22?,23?/m1/s1. The van der Waals surface area contributed by atoms with Gasteiger partial charge in [-0.3, -0.25) is 9.59 Å². The lowest BCUT2D eigenvalue weighted by molar-refractivity contribution is -0.165. The summed E-state index contributed by atoms with van der Waals surface area (Å²) in [7, 11) is 0. The molecule has 4 rings (SSSR count). The number of aliphatic carboxylic acids is 1. The fourth-order valence-electron chi connectivity index (χ4n) is 4.35. The molecule has 1 fully saturated rings. The molecule has 0 bridgehead atoms. The van der Waals surface area contributed by atoms with Gasteiger partial charge in [0.25, 0.3) is 0 Å². The van der Waals surface area contributed by atoms with Crippen molar-refractivity contribution in [3.05, 3.63) is 108 Å². The van der Waals surface area contributed by atoms with Crippen molar-refractivity contribution < 1.29 is 19.4 Å². The van der Waals surface area contributed by atoms with Crippen LogP contribution in [0.1, 0.15) is 28.5 Å². The summed E-state index contributed by atoms with van der Waals surface area (Å²) >= 11 is 0. The van der Waals surface area contributed by atoms with Crippen LogP contribution in [0.4, 0.5) is 0 Å². The van der Waals surface area contributed by atoms with Gasteiger partial charge in [0.15, 0.2) is 0 Å². The van der Waals surface area contributed by atoms with Crippen molar-refractivity contribution in [2.45, 2.75) is 18.4 Å². The van der Waals surface area contributed by atoms with Crippen molar-refractivity contribution in [1.29, 1.82) is 0 Å². The molecule has 0 aliphatic heterocycles. The quantitative estimate of drug-likeness (QED) is 0.628. The van der Waals surface area contributed by atoms with Crippen molar-refractivity contribution in [2.75, 3.05) is 0 Å². The van der Waals surface area contributed by atoms with Gasteiger partial charge in [-0.15, -0.1) is 0 Å². The van der Waals surface area contributed by atoms with Crippen molar-refractivity contribution in [2.24, 2.45) is 11.8 Å². The summed E-state index contributed by atoms with van der Waals surface area (Å²) in [5, 5.41) is 9.95. The normalized spacial score (nSPS) is 23.0. The highest BCUT2D eigenvalue weighted by Crippen LogP contribution is 2.58. The van der Waals surface area contributed by atoms with Gasteiger partial charge in [0.1, 0.15) is 6.61 Å². The van der Waals surface area contributed by atoms with E-state index in [2.05, 4.69) is 0 Å². The van der Waals surface area contributed by atoms with E-state index in [1.165, 1.54) is 0 Å². The maximum atomic E-state index is 13.1.